The van der Waals surface area contributed by atoms with E-state index < -0.39 is 30.2 Å². The fourth-order valence-corrected chi connectivity index (χ4v) is 4.07. The minimum atomic E-state index is -5.80. The summed E-state index contributed by atoms with van der Waals surface area (Å²) in [6.45, 7) is 1.58. The van der Waals surface area contributed by atoms with Gasteiger partial charge in [0.1, 0.15) is 11.4 Å². The molecule has 1 aliphatic rings. The predicted octanol–water partition coefficient (Wildman–Crippen LogP) is 6.25. The third-order valence-corrected chi connectivity index (χ3v) is 5.78. The Kier molecular flexibility index (Phi) is 5.84. The molecule has 0 radical (unpaired) electrons. The maximum atomic E-state index is 13.3. The summed E-state index contributed by atoms with van der Waals surface area (Å²) < 4.78 is 69.9. The molecule has 1 aliphatic heterocycles. The molecule has 34 heavy (non-hydrogen) atoms. The number of carbonyl (C=O) groups is 1. The summed E-state index contributed by atoms with van der Waals surface area (Å²) in [4.78, 5) is 20.1. The van der Waals surface area contributed by atoms with Crippen LogP contribution in [0.2, 0.25) is 10.0 Å². The van der Waals surface area contributed by atoms with E-state index in [1.54, 1.807) is 37.4 Å². The van der Waals surface area contributed by atoms with Crippen LogP contribution < -0.4 is 15.4 Å². The van der Waals surface area contributed by atoms with Gasteiger partial charge in [0, 0.05) is 12.0 Å². The van der Waals surface area contributed by atoms with Crippen LogP contribution in [0, 0.1) is 0 Å². The van der Waals surface area contributed by atoms with E-state index >= 15 is 0 Å². The molecule has 0 saturated carbocycles. The Balaban J connectivity index is 1.72. The Hall–Kier alpha value is -2.79. The highest BCUT2D eigenvalue weighted by molar-refractivity contribution is 6.39. The average Bonchev–Trinajstić information content (AvgIpc) is 3.26. The first kappa shape index (κ1) is 24.3. The van der Waals surface area contributed by atoms with Gasteiger partial charge in [-0.3, -0.25) is 4.79 Å². The van der Waals surface area contributed by atoms with Gasteiger partial charge in [-0.05, 0) is 32.0 Å². The van der Waals surface area contributed by atoms with Gasteiger partial charge in [0.05, 0.1) is 38.9 Å². The molecule has 1 aromatic heterocycles. The lowest BCUT2D eigenvalue weighted by atomic mass is 9.98. The molecule has 13 heteroatoms. The number of hydrogen-bond donors (Lipinski definition) is 3. The second-order valence-electron chi connectivity index (χ2n) is 8.36. The number of halogens is 7. The van der Waals surface area contributed by atoms with Gasteiger partial charge >= 0.3 is 12.1 Å². The molecule has 0 unspecified atom stereocenters. The molecule has 3 aromatic rings. The van der Waals surface area contributed by atoms with Gasteiger partial charge in [-0.2, -0.15) is 22.0 Å². The third-order valence-electron chi connectivity index (χ3n) is 5.15. The number of rotatable bonds is 5. The summed E-state index contributed by atoms with van der Waals surface area (Å²) in [5, 5.41) is 5.26. The van der Waals surface area contributed by atoms with Crippen LogP contribution in [0.3, 0.4) is 0 Å². The summed E-state index contributed by atoms with van der Waals surface area (Å²) in [5.74, 6) is -5.94. The van der Waals surface area contributed by atoms with E-state index in [2.05, 4.69) is 15.3 Å². The number of nitrogens with one attached hydrogen (secondary N) is 3. The van der Waals surface area contributed by atoms with Gasteiger partial charge < -0.3 is 20.4 Å². The summed E-state index contributed by atoms with van der Waals surface area (Å²) in [5.41, 5.74) is 0.708. The van der Waals surface area contributed by atoms with E-state index in [9.17, 15) is 26.7 Å². The maximum absolute atomic E-state index is 13.3. The number of aromatic amines is 1. The first-order chi connectivity index (χ1) is 15.7. The smallest absolute Gasteiger partial charge is 0.455 e. The van der Waals surface area contributed by atoms with Gasteiger partial charge in [-0.25, -0.2) is 4.98 Å². The molecule has 0 bridgehead atoms. The Morgan fingerprint density at radius 1 is 1.21 bits per heavy atom. The quantitative estimate of drug-likeness (QED) is 0.346. The first-order valence-electron chi connectivity index (χ1n) is 9.87. The lowest BCUT2D eigenvalue weighted by Gasteiger charge is -2.20. The zero-order valence-electron chi connectivity index (χ0n) is 17.6. The van der Waals surface area contributed by atoms with Crippen molar-refractivity contribution in [2.75, 3.05) is 11.9 Å². The van der Waals surface area contributed by atoms with Gasteiger partial charge in [0.25, 0.3) is 5.91 Å². The zero-order chi connectivity index (χ0) is 25.1. The van der Waals surface area contributed by atoms with Crippen molar-refractivity contribution in [3.63, 3.8) is 0 Å². The number of nitrogens with zero attached hydrogens (tertiary/aromatic N) is 1. The molecule has 3 N–H and O–H groups in total. The molecule has 0 atom stereocenters. The molecule has 0 fully saturated rings. The number of aromatic nitrogens is 2. The summed E-state index contributed by atoms with van der Waals surface area (Å²) in [6, 6.07) is 6.15. The molecule has 6 nitrogen and oxygen atoms in total. The molecule has 2 aromatic carbocycles. The Labute approximate surface area is 199 Å². The molecule has 0 saturated heterocycles. The van der Waals surface area contributed by atoms with Crippen molar-refractivity contribution < 1.29 is 31.5 Å². The molecule has 0 aliphatic carbocycles. The Bertz CT molecular complexity index is 1270. The van der Waals surface area contributed by atoms with Crippen LogP contribution in [-0.2, 0) is 6.42 Å². The molecule has 4 rings (SSSR count). The Morgan fingerprint density at radius 2 is 1.85 bits per heavy atom. The van der Waals surface area contributed by atoms with Crippen molar-refractivity contribution in [1.82, 2.24) is 15.3 Å². The van der Waals surface area contributed by atoms with Gasteiger partial charge in [0.15, 0.2) is 0 Å². The average molecular weight is 523 g/mol. The van der Waals surface area contributed by atoms with E-state index in [1.165, 1.54) is 6.07 Å². The zero-order valence-corrected chi connectivity index (χ0v) is 19.1. The fraction of sp³-hybridized carbons (Fsp3) is 0.333. The van der Waals surface area contributed by atoms with E-state index in [0.29, 0.717) is 33.2 Å². The normalized spacial score (nSPS) is 15.2. The van der Waals surface area contributed by atoms with E-state index in [0.717, 1.165) is 0 Å². The van der Waals surface area contributed by atoms with Crippen LogP contribution in [0.5, 0.6) is 5.75 Å². The molecular weight excluding hydrogens is 506 g/mol. The molecule has 2 heterocycles. The first-order valence-corrected chi connectivity index (χ1v) is 10.6. The molecule has 182 valence electrons. The van der Waals surface area contributed by atoms with E-state index in [4.69, 9.17) is 27.9 Å². The second-order valence-corrected chi connectivity index (χ2v) is 9.17. The number of amides is 1. The maximum Gasteiger partial charge on any atom is 0.455 e. The molecule has 0 spiro atoms. The second kappa shape index (κ2) is 8.16. The number of H-pyrrole nitrogens is 1. The molecular formula is C21H17Cl2F5N4O2. The van der Waals surface area contributed by atoms with E-state index in [-0.39, 0.29) is 22.8 Å². The molecule has 1 amide bonds. The van der Waals surface area contributed by atoms with Crippen molar-refractivity contribution in [2.24, 2.45) is 0 Å². The number of anilines is 2. The van der Waals surface area contributed by atoms with Crippen molar-refractivity contribution >= 4 is 51.8 Å². The Morgan fingerprint density at radius 3 is 2.47 bits per heavy atom. The standard InChI is InChI=1S/C21H17Cl2F5N4O2/c1-19(2)7-10-14-13(30-18(31-14)32-15-11(22)4-3-5-12(15)23)6-9(16(10)34-19)17(33)29-8-20(24,25)21(26,27)28/h3-6H,7-8H2,1-2H3,(H,29,33)(H2,30,31,32). The van der Waals surface area contributed by atoms with Crippen molar-refractivity contribution in [3.05, 3.63) is 45.4 Å². The third kappa shape index (κ3) is 4.46. The number of para-hydroxylation sites is 1. The van der Waals surface area contributed by atoms with Crippen molar-refractivity contribution in [1.29, 1.82) is 0 Å². The number of alkyl halides is 5. The predicted molar refractivity (Wildman–Crippen MR) is 118 cm³/mol. The van der Waals surface area contributed by atoms with Gasteiger partial charge in [-0.1, -0.05) is 29.3 Å². The van der Waals surface area contributed by atoms with Gasteiger partial charge in [0.2, 0.25) is 5.95 Å². The highest BCUT2D eigenvalue weighted by Crippen LogP contribution is 2.43. The number of imidazole rings is 1. The van der Waals surface area contributed by atoms with Crippen LogP contribution in [-0.4, -0.2) is 40.1 Å². The van der Waals surface area contributed by atoms with Crippen LogP contribution in [0.15, 0.2) is 24.3 Å². The van der Waals surface area contributed by atoms with E-state index in [1.807, 2.05) is 0 Å². The number of ether oxygens (including phenoxy) is 1. The minimum Gasteiger partial charge on any atom is -0.486 e. The number of fused-ring (bicyclic) bond motifs is 3. The number of hydrogen-bond acceptors (Lipinski definition) is 4. The summed E-state index contributed by atoms with van der Waals surface area (Å²) >= 11 is 12.4. The fourth-order valence-electron chi connectivity index (χ4n) is 3.57. The lowest BCUT2D eigenvalue weighted by Crippen LogP contribution is -2.46. The van der Waals surface area contributed by atoms with Crippen molar-refractivity contribution in [2.45, 2.75) is 38.0 Å². The lowest BCUT2D eigenvalue weighted by molar-refractivity contribution is -0.278. The number of benzene rings is 2. The van der Waals surface area contributed by atoms with Crippen molar-refractivity contribution in [3.8, 4) is 5.75 Å². The van der Waals surface area contributed by atoms with Gasteiger partial charge in [-0.15, -0.1) is 0 Å². The van der Waals surface area contributed by atoms with Crippen LogP contribution in [0.4, 0.5) is 33.6 Å². The topological polar surface area (TPSA) is 79.0 Å². The van der Waals surface area contributed by atoms with Crippen LogP contribution in [0.25, 0.3) is 11.0 Å². The van der Waals surface area contributed by atoms with Crippen LogP contribution in [0.1, 0.15) is 29.8 Å². The monoisotopic (exact) mass is 522 g/mol. The minimum absolute atomic E-state index is 0.0799. The highest BCUT2D eigenvalue weighted by Gasteiger charge is 2.57. The highest BCUT2D eigenvalue weighted by atomic mass is 35.5. The SMILES string of the molecule is CC1(C)Cc2c(c(C(=O)NCC(F)(F)C(F)(F)F)cc3nc(Nc4c(Cl)cccc4Cl)[nH]c23)O1. The summed E-state index contributed by atoms with van der Waals surface area (Å²) in [7, 11) is 0. The summed E-state index contributed by atoms with van der Waals surface area (Å²) in [6.07, 6.45) is -5.47. The van der Waals surface area contributed by atoms with Crippen LogP contribution >= 0.6 is 23.2 Å². The number of carbonyl (C=O) groups excluding carboxylic acids is 1. The largest absolute Gasteiger partial charge is 0.486 e.